The maximum atomic E-state index is 11.9. The molecule has 2 aromatic carbocycles. The molecule has 0 radical (unpaired) electrons. The van der Waals surface area contributed by atoms with E-state index in [9.17, 15) is 4.79 Å². The predicted octanol–water partition coefficient (Wildman–Crippen LogP) is 6.32. The zero-order chi connectivity index (χ0) is 16.9. The maximum absolute atomic E-state index is 11.9. The lowest BCUT2D eigenvalue weighted by Crippen LogP contribution is -1.96. The van der Waals surface area contributed by atoms with E-state index in [-0.39, 0.29) is 0 Å². The molecule has 2 rings (SSSR count). The van der Waals surface area contributed by atoms with E-state index < -0.39 is 0 Å². The van der Waals surface area contributed by atoms with Crippen molar-refractivity contribution in [2.45, 2.75) is 38.5 Å². The molecule has 0 saturated heterocycles. The molecule has 0 heterocycles. The number of hydrogen-bond acceptors (Lipinski definition) is 1. The van der Waals surface area contributed by atoms with E-state index in [1.54, 1.807) is 0 Å². The average molecular weight is 318 g/mol. The van der Waals surface area contributed by atoms with Crippen molar-refractivity contribution < 1.29 is 4.79 Å². The van der Waals surface area contributed by atoms with Crippen molar-refractivity contribution in [2.24, 2.45) is 0 Å². The van der Waals surface area contributed by atoms with Gasteiger partial charge in [-0.15, -0.1) is 0 Å². The first kappa shape index (κ1) is 17.9. The number of carbonyl (C=O) groups is 1. The van der Waals surface area contributed by atoms with E-state index in [1.807, 2.05) is 36.4 Å². The van der Waals surface area contributed by atoms with Crippen molar-refractivity contribution >= 4 is 17.9 Å². The lowest BCUT2D eigenvalue weighted by molar-refractivity contribution is -0.119. The number of benzene rings is 2. The van der Waals surface area contributed by atoms with Crippen LogP contribution in [0.5, 0.6) is 0 Å². The van der Waals surface area contributed by atoms with Crippen molar-refractivity contribution in [3.05, 3.63) is 83.9 Å². The fourth-order valence-electron chi connectivity index (χ4n) is 2.53. The summed E-state index contributed by atoms with van der Waals surface area (Å²) >= 11 is 0. The Morgan fingerprint density at radius 3 is 1.50 bits per heavy atom. The molecule has 0 unspecified atom stereocenters. The lowest BCUT2D eigenvalue weighted by atomic mass is 10.1. The van der Waals surface area contributed by atoms with E-state index >= 15 is 0 Å². The van der Waals surface area contributed by atoms with Crippen molar-refractivity contribution in [1.82, 2.24) is 0 Å². The van der Waals surface area contributed by atoms with Crippen LogP contribution in [-0.2, 0) is 4.79 Å². The van der Waals surface area contributed by atoms with E-state index in [0.717, 1.165) is 25.7 Å². The second-order valence-electron chi connectivity index (χ2n) is 5.95. The highest BCUT2D eigenvalue weighted by atomic mass is 16.1. The highest BCUT2D eigenvalue weighted by molar-refractivity contribution is 5.78. The molecule has 0 N–H and O–H groups in total. The van der Waals surface area contributed by atoms with E-state index in [1.165, 1.54) is 11.1 Å². The maximum Gasteiger partial charge on any atom is 0.132 e. The fourth-order valence-corrected chi connectivity index (χ4v) is 2.53. The van der Waals surface area contributed by atoms with E-state index in [2.05, 4.69) is 48.6 Å². The van der Waals surface area contributed by atoms with Gasteiger partial charge in [-0.1, -0.05) is 85.0 Å². The summed E-state index contributed by atoms with van der Waals surface area (Å²) in [6, 6.07) is 20.5. The summed E-state index contributed by atoms with van der Waals surface area (Å²) in [6.07, 6.45) is 13.8. The van der Waals surface area contributed by atoms with Crippen LogP contribution in [0.3, 0.4) is 0 Å². The van der Waals surface area contributed by atoms with Gasteiger partial charge >= 0.3 is 0 Å². The first-order chi connectivity index (χ1) is 11.8. The summed E-state index contributed by atoms with van der Waals surface area (Å²) < 4.78 is 0. The molecule has 0 amide bonds. The number of allylic oxidation sites excluding steroid dienone is 2. The number of unbranched alkanes of at least 4 members (excludes halogenated alkanes) is 2. The molecule has 0 aliphatic heterocycles. The van der Waals surface area contributed by atoms with Gasteiger partial charge in [0.05, 0.1) is 0 Å². The summed E-state index contributed by atoms with van der Waals surface area (Å²) in [4.78, 5) is 11.9. The van der Waals surface area contributed by atoms with Crippen molar-refractivity contribution in [2.75, 3.05) is 0 Å². The molecule has 0 fully saturated rings. The number of ketones is 1. The van der Waals surface area contributed by atoms with Crippen LogP contribution in [0.1, 0.15) is 49.7 Å². The molecule has 0 spiro atoms. The topological polar surface area (TPSA) is 17.1 Å². The van der Waals surface area contributed by atoms with Crippen LogP contribution in [0.2, 0.25) is 0 Å². The van der Waals surface area contributed by atoms with Gasteiger partial charge in [-0.2, -0.15) is 0 Å². The average Bonchev–Trinajstić information content (AvgIpc) is 2.63. The SMILES string of the molecule is O=C(CCCC=Cc1ccccc1)CCCC=Cc1ccccc1. The van der Waals surface area contributed by atoms with Crippen LogP contribution in [0.4, 0.5) is 0 Å². The Kier molecular flexibility index (Phi) is 8.35. The molecule has 0 atom stereocenters. The Morgan fingerprint density at radius 2 is 1.08 bits per heavy atom. The van der Waals surface area contributed by atoms with Crippen LogP contribution < -0.4 is 0 Å². The number of hydrogen-bond donors (Lipinski definition) is 0. The summed E-state index contributed by atoms with van der Waals surface area (Å²) in [5.41, 5.74) is 2.43. The quantitative estimate of drug-likeness (QED) is 0.468. The van der Waals surface area contributed by atoms with Crippen LogP contribution >= 0.6 is 0 Å². The Balaban J connectivity index is 1.52. The number of rotatable bonds is 10. The second-order valence-corrected chi connectivity index (χ2v) is 5.95. The summed E-state index contributed by atoms with van der Waals surface area (Å²) in [7, 11) is 0. The van der Waals surface area contributed by atoms with Crippen LogP contribution in [-0.4, -0.2) is 5.78 Å². The molecule has 1 nitrogen and oxygen atoms in total. The summed E-state index contributed by atoms with van der Waals surface area (Å²) in [6.45, 7) is 0. The molecule has 124 valence electrons. The number of Topliss-reactive ketones (excluding diaryl/α,β-unsaturated/α-hetero) is 1. The molecule has 1 heteroatoms. The van der Waals surface area contributed by atoms with E-state index in [0.29, 0.717) is 18.6 Å². The van der Waals surface area contributed by atoms with Gasteiger partial charge in [0.2, 0.25) is 0 Å². The molecular formula is C23H26O. The highest BCUT2D eigenvalue weighted by Crippen LogP contribution is 2.08. The summed E-state index contributed by atoms with van der Waals surface area (Å²) in [5.74, 6) is 0.385. The second kappa shape index (κ2) is 11.2. The van der Waals surface area contributed by atoms with Gasteiger partial charge in [0.1, 0.15) is 5.78 Å². The Hall–Kier alpha value is -2.41. The van der Waals surface area contributed by atoms with Gasteiger partial charge in [0.25, 0.3) is 0 Å². The molecule has 0 aliphatic rings. The highest BCUT2D eigenvalue weighted by Gasteiger charge is 2.00. The minimum absolute atomic E-state index is 0.385. The summed E-state index contributed by atoms with van der Waals surface area (Å²) in [5, 5.41) is 0. The van der Waals surface area contributed by atoms with Crippen molar-refractivity contribution in [1.29, 1.82) is 0 Å². The van der Waals surface area contributed by atoms with Crippen LogP contribution in [0, 0.1) is 0 Å². The van der Waals surface area contributed by atoms with Crippen molar-refractivity contribution in [3.63, 3.8) is 0 Å². The molecule has 24 heavy (non-hydrogen) atoms. The first-order valence-electron chi connectivity index (χ1n) is 8.79. The van der Waals surface area contributed by atoms with Gasteiger partial charge in [-0.3, -0.25) is 4.79 Å². The minimum Gasteiger partial charge on any atom is -0.300 e. The molecule has 0 bridgehead atoms. The third kappa shape index (κ3) is 7.73. The third-order valence-corrected chi connectivity index (χ3v) is 3.87. The van der Waals surface area contributed by atoms with Gasteiger partial charge in [0.15, 0.2) is 0 Å². The standard InChI is InChI=1S/C23H26O/c24-23(19-11-3-9-17-21-13-5-1-6-14-21)20-12-4-10-18-22-15-7-2-8-16-22/h1-2,5-10,13-18H,3-4,11-12,19-20H2. The number of carbonyl (C=O) groups excluding carboxylic acids is 1. The lowest BCUT2D eigenvalue weighted by Gasteiger charge is -1.98. The zero-order valence-electron chi connectivity index (χ0n) is 14.2. The van der Waals surface area contributed by atoms with Crippen molar-refractivity contribution in [3.8, 4) is 0 Å². The Morgan fingerprint density at radius 1 is 0.667 bits per heavy atom. The van der Waals surface area contributed by atoms with Gasteiger partial charge in [-0.05, 0) is 36.8 Å². The van der Waals surface area contributed by atoms with Gasteiger partial charge in [0, 0.05) is 12.8 Å². The zero-order valence-corrected chi connectivity index (χ0v) is 14.2. The minimum atomic E-state index is 0.385. The van der Waals surface area contributed by atoms with Crippen LogP contribution in [0.15, 0.2) is 72.8 Å². The molecular weight excluding hydrogens is 292 g/mol. The normalized spacial score (nSPS) is 11.3. The molecule has 0 aliphatic carbocycles. The first-order valence-corrected chi connectivity index (χ1v) is 8.79. The smallest absolute Gasteiger partial charge is 0.132 e. The predicted molar refractivity (Wildman–Crippen MR) is 104 cm³/mol. The Bertz CT molecular complexity index is 581. The molecule has 0 aromatic heterocycles. The van der Waals surface area contributed by atoms with Gasteiger partial charge in [-0.25, -0.2) is 0 Å². The fraction of sp³-hybridized carbons (Fsp3) is 0.261. The van der Waals surface area contributed by atoms with Gasteiger partial charge < -0.3 is 0 Å². The monoisotopic (exact) mass is 318 g/mol. The molecule has 2 aromatic rings. The largest absolute Gasteiger partial charge is 0.300 e. The van der Waals surface area contributed by atoms with Crippen LogP contribution in [0.25, 0.3) is 12.2 Å². The third-order valence-electron chi connectivity index (χ3n) is 3.87. The Labute approximate surface area is 145 Å². The molecule has 0 saturated carbocycles. The van der Waals surface area contributed by atoms with E-state index in [4.69, 9.17) is 0 Å².